The molecule has 0 fully saturated rings. The summed E-state index contributed by atoms with van der Waals surface area (Å²) in [6.07, 6.45) is 0. The van der Waals surface area contributed by atoms with Crippen molar-refractivity contribution in [2.24, 2.45) is 4.99 Å². The van der Waals surface area contributed by atoms with Gasteiger partial charge in [-0.2, -0.15) is 0 Å². The Balaban J connectivity index is 2.04. The van der Waals surface area contributed by atoms with Crippen LogP contribution in [0.15, 0.2) is 47.5 Å². The Bertz CT molecular complexity index is 790. The zero-order valence-electron chi connectivity index (χ0n) is 15.0. The molecule has 0 heterocycles. The summed E-state index contributed by atoms with van der Waals surface area (Å²) in [6, 6.07) is 11.9. The van der Waals surface area contributed by atoms with Crippen LogP contribution in [-0.4, -0.2) is 37.9 Å². The molecule has 2 rings (SSSR count). The number of guanidine groups is 1. The Hall–Kier alpha value is -2.60. The summed E-state index contributed by atoms with van der Waals surface area (Å²) < 4.78 is 14.0. The molecule has 5 nitrogen and oxygen atoms in total. The predicted molar refractivity (Wildman–Crippen MR) is 103 cm³/mol. The Morgan fingerprint density at radius 1 is 1.27 bits per heavy atom. The van der Waals surface area contributed by atoms with E-state index in [1.54, 1.807) is 44.2 Å². The molecule has 26 heavy (non-hydrogen) atoms. The van der Waals surface area contributed by atoms with Gasteiger partial charge in [0.15, 0.2) is 5.96 Å². The molecule has 2 aromatic carbocycles. The van der Waals surface area contributed by atoms with Crippen molar-refractivity contribution in [1.82, 2.24) is 15.5 Å². The molecule has 0 spiro atoms. The lowest BCUT2D eigenvalue weighted by molar-refractivity contribution is 0.0963. The standard InChI is InChI=1S/C19H22ClFN4O/c1-22-18(26)14-7-4-6-13(10-14)11-24-19(23-2)25(3)12-15-16(20)8-5-9-17(15)21/h4-10H,11-12H2,1-3H3,(H,22,26)(H,23,24). The van der Waals surface area contributed by atoms with Crippen molar-refractivity contribution in [3.05, 3.63) is 70.0 Å². The molecule has 0 aliphatic carbocycles. The topological polar surface area (TPSA) is 56.7 Å². The van der Waals surface area contributed by atoms with Gasteiger partial charge >= 0.3 is 0 Å². The SMILES string of the molecule is CN=C(NCc1cccc(C(=O)NC)c1)N(C)Cc1c(F)cccc1Cl. The summed E-state index contributed by atoms with van der Waals surface area (Å²) in [6.45, 7) is 0.760. The number of rotatable bonds is 5. The molecule has 0 aliphatic rings. The predicted octanol–water partition coefficient (Wildman–Crippen LogP) is 3.05. The van der Waals surface area contributed by atoms with Crippen LogP contribution in [0.2, 0.25) is 5.02 Å². The maximum atomic E-state index is 14.0. The number of carbonyl (C=O) groups is 1. The first-order valence-corrected chi connectivity index (χ1v) is 8.49. The summed E-state index contributed by atoms with van der Waals surface area (Å²) in [5, 5.41) is 6.19. The minimum absolute atomic E-state index is 0.137. The van der Waals surface area contributed by atoms with Crippen LogP contribution in [0.3, 0.4) is 0 Å². The van der Waals surface area contributed by atoms with Gasteiger partial charge in [-0.15, -0.1) is 0 Å². The van der Waals surface area contributed by atoms with E-state index in [1.165, 1.54) is 6.07 Å². The van der Waals surface area contributed by atoms with Crippen LogP contribution in [0.5, 0.6) is 0 Å². The number of nitrogens with one attached hydrogen (secondary N) is 2. The van der Waals surface area contributed by atoms with Crippen LogP contribution in [-0.2, 0) is 13.1 Å². The second kappa shape index (κ2) is 9.20. The van der Waals surface area contributed by atoms with E-state index >= 15 is 0 Å². The summed E-state index contributed by atoms with van der Waals surface area (Å²) in [5.74, 6) is 0.107. The van der Waals surface area contributed by atoms with Crippen LogP contribution in [0.1, 0.15) is 21.5 Å². The summed E-state index contributed by atoms with van der Waals surface area (Å²) in [7, 11) is 5.06. The summed E-state index contributed by atoms with van der Waals surface area (Å²) >= 11 is 6.09. The second-order valence-electron chi connectivity index (χ2n) is 5.74. The minimum atomic E-state index is -0.349. The monoisotopic (exact) mass is 376 g/mol. The third kappa shape index (κ3) is 4.95. The molecular formula is C19H22ClFN4O. The van der Waals surface area contributed by atoms with Gasteiger partial charge in [-0.1, -0.05) is 29.8 Å². The van der Waals surface area contributed by atoms with E-state index in [1.807, 2.05) is 18.2 Å². The van der Waals surface area contributed by atoms with Crippen molar-refractivity contribution >= 4 is 23.5 Å². The maximum Gasteiger partial charge on any atom is 0.251 e. The van der Waals surface area contributed by atoms with Crippen molar-refractivity contribution in [3.63, 3.8) is 0 Å². The molecule has 0 atom stereocenters. The van der Waals surface area contributed by atoms with Crippen LogP contribution in [0.25, 0.3) is 0 Å². The van der Waals surface area contributed by atoms with E-state index in [0.717, 1.165) is 5.56 Å². The van der Waals surface area contributed by atoms with E-state index in [2.05, 4.69) is 15.6 Å². The fourth-order valence-corrected chi connectivity index (χ4v) is 2.75. The first kappa shape index (κ1) is 19.7. The number of hydrogen-bond donors (Lipinski definition) is 2. The maximum absolute atomic E-state index is 14.0. The normalized spacial score (nSPS) is 11.2. The van der Waals surface area contributed by atoms with Crippen LogP contribution < -0.4 is 10.6 Å². The average molecular weight is 377 g/mol. The molecule has 0 saturated heterocycles. The molecule has 0 bridgehead atoms. The van der Waals surface area contributed by atoms with Crippen molar-refractivity contribution in [3.8, 4) is 0 Å². The van der Waals surface area contributed by atoms with E-state index < -0.39 is 0 Å². The largest absolute Gasteiger partial charge is 0.355 e. The highest BCUT2D eigenvalue weighted by Gasteiger charge is 2.13. The third-order valence-electron chi connectivity index (χ3n) is 3.90. The number of carbonyl (C=O) groups excluding carboxylic acids is 1. The minimum Gasteiger partial charge on any atom is -0.355 e. The Labute approximate surface area is 157 Å². The summed E-state index contributed by atoms with van der Waals surface area (Å²) in [4.78, 5) is 17.7. The lowest BCUT2D eigenvalue weighted by atomic mass is 10.1. The lowest BCUT2D eigenvalue weighted by Crippen LogP contribution is -2.38. The summed E-state index contributed by atoms with van der Waals surface area (Å²) in [5.41, 5.74) is 1.94. The Kier molecular flexibility index (Phi) is 6.97. The fraction of sp³-hybridized carbons (Fsp3) is 0.263. The van der Waals surface area contributed by atoms with E-state index in [0.29, 0.717) is 28.7 Å². The first-order chi connectivity index (χ1) is 12.5. The molecule has 0 radical (unpaired) electrons. The van der Waals surface area contributed by atoms with Gasteiger partial charge in [-0.3, -0.25) is 9.79 Å². The van der Waals surface area contributed by atoms with Gasteiger partial charge in [0, 0.05) is 50.4 Å². The number of aliphatic imine (C=N–C) groups is 1. The van der Waals surface area contributed by atoms with Gasteiger partial charge in [-0.05, 0) is 29.8 Å². The number of amides is 1. The molecule has 2 aromatic rings. The molecule has 138 valence electrons. The highest BCUT2D eigenvalue weighted by molar-refractivity contribution is 6.31. The lowest BCUT2D eigenvalue weighted by Gasteiger charge is -2.23. The van der Waals surface area contributed by atoms with Gasteiger partial charge in [0.05, 0.1) is 0 Å². The van der Waals surface area contributed by atoms with E-state index in [-0.39, 0.29) is 18.3 Å². The second-order valence-corrected chi connectivity index (χ2v) is 6.14. The molecule has 0 saturated carbocycles. The van der Waals surface area contributed by atoms with Gasteiger partial charge in [0.2, 0.25) is 0 Å². The van der Waals surface area contributed by atoms with Crippen molar-refractivity contribution in [2.45, 2.75) is 13.1 Å². The molecule has 0 aromatic heterocycles. The van der Waals surface area contributed by atoms with Gasteiger partial charge in [0.1, 0.15) is 5.82 Å². The molecule has 1 amide bonds. The number of hydrogen-bond acceptors (Lipinski definition) is 2. The molecule has 0 aliphatic heterocycles. The quantitative estimate of drug-likeness (QED) is 0.623. The van der Waals surface area contributed by atoms with Crippen molar-refractivity contribution in [1.29, 1.82) is 0 Å². The Morgan fingerprint density at radius 3 is 2.65 bits per heavy atom. The van der Waals surface area contributed by atoms with Crippen LogP contribution in [0, 0.1) is 5.82 Å². The van der Waals surface area contributed by atoms with Crippen LogP contribution >= 0.6 is 11.6 Å². The molecular weight excluding hydrogens is 355 g/mol. The van der Waals surface area contributed by atoms with Gasteiger partial charge < -0.3 is 15.5 Å². The first-order valence-electron chi connectivity index (χ1n) is 8.12. The number of halogens is 2. The zero-order valence-corrected chi connectivity index (χ0v) is 15.8. The van der Waals surface area contributed by atoms with Gasteiger partial charge in [-0.25, -0.2) is 4.39 Å². The number of benzene rings is 2. The van der Waals surface area contributed by atoms with Gasteiger partial charge in [0.25, 0.3) is 5.91 Å². The molecule has 0 unspecified atom stereocenters. The molecule has 2 N–H and O–H groups in total. The van der Waals surface area contributed by atoms with Crippen molar-refractivity contribution < 1.29 is 9.18 Å². The fourth-order valence-electron chi connectivity index (χ4n) is 2.53. The zero-order chi connectivity index (χ0) is 19.1. The highest BCUT2D eigenvalue weighted by atomic mass is 35.5. The average Bonchev–Trinajstić information content (AvgIpc) is 2.65. The van der Waals surface area contributed by atoms with Crippen molar-refractivity contribution in [2.75, 3.05) is 21.1 Å². The highest BCUT2D eigenvalue weighted by Crippen LogP contribution is 2.20. The molecule has 7 heteroatoms. The number of nitrogens with zero attached hydrogens (tertiary/aromatic N) is 2. The Morgan fingerprint density at radius 2 is 2.00 bits per heavy atom. The van der Waals surface area contributed by atoms with E-state index in [9.17, 15) is 9.18 Å². The smallest absolute Gasteiger partial charge is 0.251 e. The van der Waals surface area contributed by atoms with E-state index in [4.69, 9.17) is 11.6 Å². The third-order valence-corrected chi connectivity index (χ3v) is 4.25. The van der Waals surface area contributed by atoms with Crippen LogP contribution in [0.4, 0.5) is 4.39 Å².